The monoisotopic (exact) mass is 319 g/mol. The van der Waals surface area contributed by atoms with Crippen LogP contribution in [0.4, 0.5) is 5.69 Å². The number of anilines is 1. The topological polar surface area (TPSA) is 57.6 Å². The van der Waals surface area contributed by atoms with Crippen LogP contribution < -0.4 is 4.90 Å². The van der Waals surface area contributed by atoms with Gasteiger partial charge >= 0.3 is 5.97 Å². The molecule has 0 saturated heterocycles. The Balaban J connectivity index is 2.15. The van der Waals surface area contributed by atoms with Crippen molar-refractivity contribution in [1.29, 1.82) is 0 Å². The van der Waals surface area contributed by atoms with E-state index in [9.17, 15) is 14.7 Å². The second-order valence-electron chi connectivity index (χ2n) is 5.78. The first kappa shape index (κ1) is 15.7. The number of carboxylic acid groups (broad SMARTS) is 1. The Hall–Kier alpha value is -3.14. The molecule has 0 aromatic heterocycles. The molecule has 0 fully saturated rings. The summed E-state index contributed by atoms with van der Waals surface area (Å²) < 4.78 is 0. The molecule has 4 nitrogen and oxygen atoms in total. The van der Waals surface area contributed by atoms with Crippen LogP contribution in [0.25, 0.3) is 10.8 Å². The molecule has 0 unspecified atom stereocenters. The van der Waals surface area contributed by atoms with E-state index in [1.807, 2.05) is 43.3 Å². The number of benzene rings is 3. The summed E-state index contributed by atoms with van der Waals surface area (Å²) in [5.74, 6) is -1.22. The molecular formula is C20H17NO3. The van der Waals surface area contributed by atoms with Gasteiger partial charge in [0.15, 0.2) is 5.78 Å². The van der Waals surface area contributed by atoms with Gasteiger partial charge in [0.25, 0.3) is 0 Å². The SMILES string of the molecule is CN(C)c1ccc(C(=O)c2cccc3cccc(C(=O)O)c23)cc1. The van der Waals surface area contributed by atoms with Gasteiger partial charge < -0.3 is 10.0 Å². The highest BCUT2D eigenvalue weighted by Gasteiger charge is 2.17. The number of carbonyl (C=O) groups is 2. The molecule has 3 rings (SSSR count). The second-order valence-corrected chi connectivity index (χ2v) is 5.78. The Morgan fingerprint density at radius 2 is 1.42 bits per heavy atom. The van der Waals surface area contributed by atoms with Gasteiger partial charge in [0.1, 0.15) is 0 Å². The number of rotatable bonds is 4. The lowest BCUT2D eigenvalue weighted by atomic mass is 9.94. The smallest absolute Gasteiger partial charge is 0.336 e. The molecule has 0 spiro atoms. The van der Waals surface area contributed by atoms with Gasteiger partial charge in [-0.1, -0.05) is 30.3 Å². The standard InChI is InChI=1S/C20H17NO3/c1-21(2)15-11-9-14(10-12-15)19(22)16-7-3-5-13-6-4-8-17(18(13)16)20(23)24/h3-12H,1-2H3,(H,23,24). The van der Waals surface area contributed by atoms with Crippen molar-refractivity contribution in [1.82, 2.24) is 0 Å². The van der Waals surface area contributed by atoms with Crippen LogP contribution in [0.3, 0.4) is 0 Å². The number of nitrogens with zero attached hydrogens (tertiary/aromatic N) is 1. The van der Waals surface area contributed by atoms with E-state index in [0.29, 0.717) is 16.5 Å². The molecule has 4 heteroatoms. The second kappa shape index (κ2) is 6.16. The number of hydrogen-bond acceptors (Lipinski definition) is 3. The van der Waals surface area contributed by atoms with Crippen LogP contribution in [0, 0.1) is 0 Å². The van der Waals surface area contributed by atoms with E-state index in [-0.39, 0.29) is 11.3 Å². The molecule has 0 atom stereocenters. The summed E-state index contributed by atoms with van der Waals surface area (Å²) in [6.45, 7) is 0. The summed E-state index contributed by atoms with van der Waals surface area (Å²) in [4.78, 5) is 26.4. The van der Waals surface area contributed by atoms with Crippen LogP contribution in [0.1, 0.15) is 26.3 Å². The van der Waals surface area contributed by atoms with Crippen LogP contribution in [0.5, 0.6) is 0 Å². The minimum atomic E-state index is -1.04. The Kier molecular flexibility index (Phi) is 4.04. The molecule has 0 saturated carbocycles. The third-order valence-corrected chi connectivity index (χ3v) is 4.03. The number of aromatic carboxylic acids is 1. The minimum absolute atomic E-state index is 0.140. The third-order valence-electron chi connectivity index (χ3n) is 4.03. The van der Waals surface area contributed by atoms with E-state index >= 15 is 0 Å². The van der Waals surface area contributed by atoms with Crippen molar-refractivity contribution >= 4 is 28.2 Å². The fourth-order valence-electron chi connectivity index (χ4n) is 2.77. The molecule has 0 aliphatic carbocycles. The lowest BCUT2D eigenvalue weighted by Gasteiger charge is -2.13. The van der Waals surface area contributed by atoms with E-state index in [1.165, 1.54) is 6.07 Å². The van der Waals surface area contributed by atoms with Gasteiger partial charge in [-0.15, -0.1) is 0 Å². The van der Waals surface area contributed by atoms with Gasteiger partial charge in [0.2, 0.25) is 0 Å². The van der Waals surface area contributed by atoms with Gasteiger partial charge in [-0.05, 0) is 35.7 Å². The van der Waals surface area contributed by atoms with Crippen LogP contribution in [-0.4, -0.2) is 31.0 Å². The Bertz CT molecular complexity index is 922. The molecule has 24 heavy (non-hydrogen) atoms. The van der Waals surface area contributed by atoms with Crippen molar-refractivity contribution in [2.24, 2.45) is 0 Å². The first-order valence-electron chi connectivity index (χ1n) is 7.56. The Labute approximate surface area is 140 Å². The highest BCUT2D eigenvalue weighted by atomic mass is 16.4. The number of carbonyl (C=O) groups excluding carboxylic acids is 1. The summed E-state index contributed by atoms with van der Waals surface area (Å²) in [6, 6.07) is 17.6. The van der Waals surface area contributed by atoms with Crippen LogP contribution in [0.2, 0.25) is 0 Å². The third kappa shape index (κ3) is 2.74. The molecule has 0 aliphatic heterocycles. The van der Waals surface area contributed by atoms with Crippen molar-refractivity contribution in [2.45, 2.75) is 0 Å². The predicted octanol–water partition coefficient (Wildman–Crippen LogP) is 3.84. The minimum Gasteiger partial charge on any atom is -0.478 e. The molecular weight excluding hydrogens is 302 g/mol. The molecule has 0 radical (unpaired) electrons. The highest BCUT2D eigenvalue weighted by Crippen LogP contribution is 2.26. The van der Waals surface area contributed by atoms with E-state index in [2.05, 4.69) is 0 Å². The summed E-state index contributed by atoms with van der Waals surface area (Å²) in [5.41, 5.74) is 2.08. The summed E-state index contributed by atoms with van der Waals surface area (Å²) >= 11 is 0. The zero-order valence-electron chi connectivity index (χ0n) is 13.5. The maximum Gasteiger partial charge on any atom is 0.336 e. The van der Waals surface area contributed by atoms with Crippen molar-refractivity contribution in [3.63, 3.8) is 0 Å². The zero-order valence-corrected chi connectivity index (χ0v) is 13.5. The van der Waals surface area contributed by atoms with Gasteiger partial charge in [0, 0.05) is 36.3 Å². The van der Waals surface area contributed by atoms with Crippen LogP contribution in [0.15, 0.2) is 60.7 Å². The van der Waals surface area contributed by atoms with E-state index in [4.69, 9.17) is 0 Å². The quantitative estimate of drug-likeness (QED) is 0.742. The normalized spacial score (nSPS) is 10.6. The fraction of sp³-hybridized carbons (Fsp3) is 0.100. The highest BCUT2D eigenvalue weighted by molar-refractivity contribution is 6.20. The average molecular weight is 319 g/mol. The summed E-state index contributed by atoms with van der Waals surface area (Å²) in [6.07, 6.45) is 0. The van der Waals surface area contributed by atoms with Gasteiger partial charge in [-0.2, -0.15) is 0 Å². The largest absolute Gasteiger partial charge is 0.478 e. The molecule has 1 N–H and O–H groups in total. The number of ketones is 1. The Morgan fingerprint density at radius 3 is 1.96 bits per heavy atom. The van der Waals surface area contributed by atoms with E-state index < -0.39 is 5.97 Å². The molecule has 120 valence electrons. The van der Waals surface area contributed by atoms with Gasteiger partial charge in [0.05, 0.1) is 5.56 Å². The lowest BCUT2D eigenvalue weighted by Crippen LogP contribution is -2.09. The molecule has 0 aliphatic rings. The number of carboxylic acids is 1. The fourth-order valence-corrected chi connectivity index (χ4v) is 2.77. The molecule has 0 amide bonds. The zero-order chi connectivity index (χ0) is 17.3. The number of hydrogen-bond donors (Lipinski definition) is 1. The van der Waals surface area contributed by atoms with Crippen molar-refractivity contribution in [3.8, 4) is 0 Å². The van der Waals surface area contributed by atoms with Gasteiger partial charge in [-0.3, -0.25) is 4.79 Å². The molecule has 3 aromatic carbocycles. The van der Waals surface area contributed by atoms with Gasteiger partial charge in [-0.25, -0.2) is 4.79 Å². The van der Waals surface area contributed by atoms with E-state index in [0.717, 1.165) is 11.1 Å². The maximum absolute atomic E-state index is 12.9. The maximum atomic E-state index is 12.9. The predicted molar refractivity (Wildman–Crippen MR) is 95.1 cm³/mol. The molecule has 0 bridgehead atoms. The summed E-state index contributed by atoms with van der Waals surface area (Å²) in [7, 11) is 3.86. The van der Waals surface area contributed by atoms with Crippen LogP contribution >= 0.6 is 0 Å². The average Bonchev–Trinajstić information content (AvgIpc) is 2.60. The first-order valence-corrected chi connectivity index (χ1v) is 7.56. The van der Waals surface area contributed by atoms with Crippen LogP contribution in [-0.2, 0) is 0 Å². The van der Waals surface area contributed by atoms with Crippen molar-refractivity contribution in [3.05, 3.63) is 77.4 Å². The lowest BCUT2D eigenvalue weighted by molar-refractivity contribution is 0.0699. The molecule has 3 aromatic rings. The first-order chi connectivity index (χ1) is 11.5. The summed E-state index contributed by atoms with van der Waals surface area (Å²) in [5, 5.41) is 10.7. The number of fused-ring (bicyclic) bond motifs is 1. The van der Waals surface area contributed by atoms with Crippen molar-refractivity contribution < 1.29 is 14.7 Å². The molecule has 0 heterocycles. The van der Waals surface area contributed by atoms with Crippen molar-refractivity contribution in [2.75, 3.05) is 19.0 Å². The Morgan fingerprint density at radius 1 is 0.833 bits per heavy atom. The van der Waals surface area contributed by atoms with E-state index in [1.54, 1.807) is 30.3 Å².